The molecule has 2 heterocycles. The Kier molecular flexibility index (Phi) is 7.13. The number of hydrogen-bond donors (Lipinski definition) is 0. The first-order valence-corrected chi connectivity index (χ1v) is 14.0. The largest absolute Gasteiger partial charge is 0.288 e. The van der Waals surface area contributed by atoms with Gasteiger partial charge >= 0.3 is 0 Å². The van der Waals surface area contributed by atoms with Crippen LogP contribution in [0.25, 0.3) is 0 Å². The lowest BCUT2D eigenvalue weighted by atomic mass is 9.83. The maximum absolute atomic E-state index is 16.0. The summed E-state index contributed by atoms with van der Waals surface area (Å²) in [5, 5.41) is 0. The Morgan fingerprint density at radius 2 is 1.62 bits per heavy atom. The second-order valence-corrected chi connectivity index (χ2v) is 11.2. The Morgan fingerprint density at radius 1 is 0.923 bits per heavy atom. The van der Waals surface area contributed by atoms with Crippen molar-refractivity contribution in [2.45, 2.75) is 51.5 Å². The predicted molar refractivity (Wildman–Crippen MR) is 149 cm³/mol. The average Bonchev–Trinajstić information content (AvgIpc) is 3.21. The third kappa shape index (κ3) is 5.06. The summed E-state index contributed by atoms with van der Waals surface area (Å²) < 4.78 is 16.0. The topological polar surface area (TPSA) is 53.5 Å². The highest BCUT2D eigenvalue weighted by Crippen LogP contribution is 2.36. The number of aryl methyl sites for hydroxylation is 2. The van der Waals surface area contributed by atoms with E-state index in [9.17, 15) is 9.59 Å². The minimum atomic E-state index is -0.356. The van der Waals surface area contributed by atoms with Crippen molar-refractivity contribution in [3.05, 3.63) is 112 Å². The molecule has 0 N–H and O–H groups in total. The molecule has 6 heteroatoms. The van der Waals surface area contributed by atoms with E-state index in [1.54, 1.807) is 31.2 Å². The minimum absolute atomic E-state index is 0.0394. The molecule has 39 heavy (non-hydrogen) atoms. The van der Waals surface area contributed by atoms with Crippen molar-refractivity contribution in [2.75, 3.05) is 19.6 Å². The number of benzene rings is 2. The molecule has 0 spiro atoms. The molecular weight excluding hydrogens is 489 g/mol. The standard InChI is InChI=1S/C33H34FN3O2/c1-22(19-37-32(38)27-12-4-5-13-28(27)33(37)39)29(34)21-36(30-14-6-10-25-11-7-17-35-31(25)30)20-23-15-16-24-8-2-3-9-26(24)18-23/h2-5,7-9,11-13,17,23,30H,6,10,14-16,18-21H2,1H3/b29-22-/t23-,30+/m1/s1. The van der Waals surface area contributed by atoms with Gasteiger partial charge in [-0.2, -0.15) is 0 Å². The molecule has 3 aromatic rings. The number of amides is 2. The number of hydrogen-bond acceptors (Lipinski definition) is 4. The molecule has 5 nitrogen and oxygen atoms in total. The van der Waals surface area contributed by atoms with Crippen LogP contribution in [0.15, 0.2) is 78.3 Å². The summed E-state index contributed by atoms with van der Waals surface area (Å²) in [4.78, 5) is 33.9. The van der Waals surface area contributed by atoms with Gasteiger partial charge in [0.25, 0.3) is 11.8 Å². The number of halogens is 1. The molecule has 3 aliphatic rings. The Labute approximate surface area is 229 Å². The van der Waals surface area contributed by atoms with Gasteiger partial charge in [-0.1, -0.05) is 42.5 Å². The van der Waals surface area contributed by atoms with Crippen molar-refractivity contribution in [3.8, 4) is 0 Å². The number of rotatable bonds is 7. The minimum Gasteiger partial charge on any atom is -0.288 e. The third-order valence-electron chi connectivity index (χ3n) is 8.63. The summed E-state index contributed by atoms with van der Waals surface area (Å²) in [6.07, 6.45) is 7.95. The predicted octanol–water partition coefficient (Wildman–Crippen LogP) is 6.11. The smallest absolute Gasteiger partial charge is 0.261 e. The van der Waals surface area contributed by atoms with Gasteiger partial charge in [-0.05, 0) is 91.8 Å². The number of imide groups is 1. The maximum atomic E-state index is 16.0. The van der Waals surface area contributed by atoms with Crippen LogP contribution in [0.2, 0.25) is 0 Å². The normalized spacial score (nSPS) is 20.9. The number of nitrogens with zero attached hydrogens (tertiary/aromatic N) is 3. The lowest BCUT2D eigenvalue weighted by Gasteiger charge is -2.38. The van der Waals surface area contributed by atoms with Crippen molar-refractivity contribution < 1.29 is 14.0 Å². The van der Waals surface area contributed by atoms with E-state index in [4.69, 9.17) is 4.98 Å². The van der Waals surface area contributed by atoms with Crippen LogP contribution in [0.3, 0.4) is 0 Å². The van der Waals surface area contributed by atoms with E-state index >= 15 is 4.39 Å². The summed E-state index contributed by atoms with van der Waals surface area (Å²) in [5.41, 5.74) is 6.33. The molecule has 0 saturated carbocycles. The molecule has 0 unspecified atom stereocenters. The zero-order valence-corrected chi connectivity index (χ0v) is 22.4. The van der Waals surface area contributed by atoms with E-state index in [1.165, 1.54) is 21.6 Å². The first-order chi connectivity index (χ1) is 19.0. The zero-order chi connectivity index (χ0) is 26.9. The Balaban J connectivity index is 1.24. The highest BCUT2D eigenvalue weighted by molar-refractivity contribution is 6.21. The maximum Gasteiger partial charge on any atom is 0.261 e. The monoisotopic (exact) mass is 523 g/mol. The molecule has 0 bridgehead atoms. The van der Waals surface area contributed by atoms with E-state index in [1.807, 2.05) is 12.3 Å². The van der Waals surface area contributed by atoms with E-state index in [0.29, 0.717) is 22.6 Å². The summed E-state index contributed by atoms with van der Waals surface area (Å²) >= 11 is 0. The van der Waals surface area contributed by atoms with Gasteiger partial charge in [0.05, 0.1) is 36.0 Å². The third-order valence-corrected chi connectivity index (χ3v) is 8.63. The van der Waals surface area contributed by atoms with Crippen molar-refractivity contribution in [2.24, 2.45) is 5.92 Å². The Hall–Kier alpha value is -3.64. The second-order valence-electron chi connectivity index (χ2n) is 11.2. The van der Waals surface area contributed by atoms with Gasteiger partial charge in [-0.25, -0.2) is 4.39 Å². The Bertz CT molecular complexity index is 1410. The fourth-order valence-corrected chi connectivity index (χ4v) is 6.52. The van der Waals surface area contributed by atoms with Crippen LogP contribution in [-0.4, -0.2) is 46.2 Å². The molecule has 0 saturated heterocycles. The number of aromatic nitrogens is 1. The van der Waals surface area contributed by atoms with E-state index in [2.05, 4.69) is 35.2 Å². The van der Waals surface area contributed by atoms with Crippen LogP contribution in [0.1, 0.15) is 75.3 Å². The molecular formula is C33H34FN3O2. The molecule has 200 valence electrons. The molecule has 2 atom stereocenters. The average molecular weight is 524 g/mol. The fourth-order valence-electron chi connectivity index (χ4n) is 6.52. The zero-order valence-electron chi connectivity index (χ0n) is 22.4. The molecule has 0 fully saturated rings. The fraction of sp³-hybridized carbons (Fsp3) is 0.364. The highest BCUT2D eigenvalue weighted by atomic mass is 19.1. The van der Waals surface area contributed by atoms with Crippen molar-refractivity contribution >= 4 is 11.8 Å². The molecule has 1 aromatic heterocycles. The van der Waals surface area contributed by atoms with Crippen LogP contribution < -0.4 is 0 Å². The summed E-state index contributed by atoms with van der Waals surface area (Å²) in [5.74, 6) is -0.555. The van der Waals surface area contributed by atoms with E-state index in [0.717, 1.165) is 50.8 Å². The van der Waals surface area contributed by atoms with E-state index in [-0.39, 0.29) is 36.8 Å². The first-order valence-electron chi connectivity index (χ1n) is 14.0. The van der Waals surface area contributed by atoms with Crippen LogP contribution in [-0.2, 0) is 19.3 Å². The SMILES string of the molecule is C/C(CN1C(=O)c2ccccc2C1=O)=C(/F)CN(C[C@@H]1CCc2ccccc2C1)[C@H]1CCCc2cccnc21. The van der Waals surface area contributed by atoms with Crippen LogP contribution in [0.5, 0.6) is 0 Å². The van der Waals surface area contributed by atoms with Crippen LogP contribution >= 0.6 is 0 Å². The van der Waals surface area contributed by atoms with Gasteiger partial charge in [0.15, 0.2) is 0 Å². The van der Waals surface area contributed by atoms with E-state index < -0.39 is 0 Å². The van der Waals surface area contributed by atoms with Crippen molar-refractivity contribution in [1.82, 2.24) is 14.8 Å². The van der Waals surface area contributed by atoms with Crippen molar-refractivity contribution in [1.29, 1.82) is 0 Å². The number of fused-ring (bicyclic) bond motifs is 3. The Morgan fingerprint density at radius 3 is 2.38 bits per heavy atom. The molecule has 2 aliphatic carbocycles. The van der Waals surface area contributed by atoms with Crippen LogP contribution in [0.4, 0.5) is 4.39 Å². The number of pyridine rings is 1. The van der Waals surface area contributed by atoms with Gasteiger partial charge in [0.2, 0.25) is 0 Å². The lowest BCUT2D eigenvalue weighted by Crippen LogP contribution is -2.39. The molecule has 1 aliphatic heterocycles. The van der Waals surface area contributed by atoms with Gasteiger partial charge in [0, 0.05) is 12.7 Å². The molecule has 0 radical (unpaired) electrons. The molecule has 6 rings (SSSR count). The summed E-state index contributed by atoms with van der Waals surface area (Å²) in [7, 11) is 0. The van der Waals surface area contributed by atoms with Crippen LogP contribution in [0, 0.1) is 5.92 Å². The lowest BCUT2D eigenvalue weighted by molar-refractivity contribution is 0.0666. The second kappa shape index (κ2) is 10.9. The quantitative estimate of drug-likeness (QED) is 0.351. The van der Waals surface area contributed by atoms with Gasteiger partial charge in [-0.3, -0.25) is 24.4 Å². The molecule has 2 amide bonds. The summed E-state index contributed by atoms with van der Waals surface area (Å²) in [6.45, 7) is 2.58. The number of carbonyl (C=O) groups excluding carboxylic acids is 2. The van der Waals surface area contributed by atoms with Gasteiger partial charge < -0.3 is 0 Å². The van der Waals surface area contributed by atoms with Gasteiger partial charge in [0.1, 0.15) is 5.83 Å². The number of carbonyl (C=O) groups is 2. The van der Waals surface area contributed by atoms with Crippen molar-refractivity contribution in [3.63, 3.8) is 0 Å². The molecule has 2 aromatic carbocycles. The van der Waals surface area contributed by atoms with Gasteiger partial charge in [-0.15, -0.1) is 0 Å². The first kappa shape index (κ1) is 25.6. The highest BCUT2D eigenvalue weighted by Gasteiger charge is 2.36. The summed E-state index contributed by atoms with van der Waals surface area (Å²) in [6, 6.07) is 19.6.